The summed E-state index contributed by atoms with van der Waals surface area (Å²) in [4.78, 5) is 23.6. The van der Waals surface area contributed by atoms with Crippen molar-refractivity contribution in [2.75, 3.05) is 26.3 Å². The molecule has 1 aliphatic heterocycles. The third-order valence-electron chi connectivity index (χ3n) is 3.75. The molecule has 0 atom stereocenters. The van der Waals surface area contributed by atoms with Crippen LogP contribution in [-0.4, -0.2) is 59.4 Å². The summed E-state index contributed by atoms with van der Waals surface area (Å²) < 4.78 is 10.4. The van der Waals surface area contributed by atoms with E-state index in [1.807, 2.05) is 6.07 Å². The van der Waals surface area contributed by atoms with Crippen LogP contribution in [0.4, 0.5) is 0 Å². The number of piperidine rings is 1. The standard InChI is InChI=1S/C16H22N2O6/c17-12-3-5-18(6-4-12)8-11-1-2-13(23-9-15(19)20)14(7-11)24-10-16(21)22/h1-2,7,12H,3-6,8-10,17H2,(H,19,20)(H,21,22). The Balaban J connectivity index is 2.06. The van der Waals surface area contributed by atoms with Gasteiger partial charge in [0.2, 0.25) is 0 Å². The fourth-order valence-corrected chi connectivity index (χ4v) is 2.53. The summed E-state index contributed by atoms with van der Waals surface area (Å²) >= 11 is 0. The van der Waals surface area contributed by atoms with Crippen molar-refractivity contribution in [1.29, 1.82) is 0 Å². The molecule has 1 heterocycles. The Morgan fingerprint density at radius 1 is 1.08 bits per heavy atom. The maximum atomic E-state index is 10.7. The summed E-state index contributed by atoms with van der Waals surface area (Å²) in [7, 11) is 0. The molecule has 132 valence electrons. The van der Waals surface area contributed by atoms with E-state index in [1.165, 1.54) is 0 Å². The Hall–Kier alpha value is -2.32. The molecular formula is C16H22N2O6. The SMILES string of the molecule is NC1CCN(Cc2ccc(OCC(=O)O)c(OCC(=O)O)c2)CC1. The average Bonchev–Trinajstić information content (AvgIpc) is 2.54. The summed E-state index contributed by atoms with van der Waals surface area (Å²) in [5.74, 6) is -1.80. The molecule has 1 aromatic rings. The summed E-state index contributed by atoms with van der Waals surface area (Å²) in [5.41, 5.74) is 6.83. The fraction of sp³-hybridized carbons (Fsp3) is 0.500. The third kappa shape index (κ3) is 5.71. The van der Waals surface area contributed by atoms with Crippen molar-refractivity contribution < 1.29 is 29.3 Å². The Morgan fingerprint density at radius 3 is 2.25 bits per heavy atom. The number of nitrogens with zero attached hydrogens (tertiary/aromatic N) is 1. The van der Waals surface area contributed by atoms with Gasteiger partial charge in [0, 0.05) is 12.6 Å². The number of rotatable bonds is 8. The Labute approximate surface area is 139 Å². The first kappa shape index (κ1) is 18.0. The van der Waals surface area contributed by atoms with Crippen molar-refractivity contribution >= 4 is 11.9 Å². The predicted molar refractivity (Wildman–Crippen MR) is 85.2 cm³/mol. The number of likely N-dealkylation sites (tertiary alicyclic amines) is 1. The molecular weight excluding hydrogens is 316 g/mol. The molecule has 2 rings (SSSR count). The van der Waals surface area contributed by atoms with Gasteiger partial charge in [-0.15, -0.1) is 0 Å². The first-order valence-electron chi connectivity index (χ1n) is 7.74. The van der Waals surface area contributed by atoms with Gasteiger partial charge in [0.25, 0.3) is 0 Å². The highest BCUT2D eigenvalue weighted by Crippen LogP contribution is 2.29. The number of carboxylic acid groups (broad SMARTS) is 2. The van der Waals surface area contributed by atoms with Crippen LogP contribution in [0.1, 0.15) is 18.4 Å². The maximum Gasteiger partial charge on any atom is 0.341 e. The fourth-order valence-electron chi connectivity index (χ4n) is 2.53. The number of carboxylic acids is 2. The Kier molecular flexibility index (Phi) is 6.39. The molecule has 4 N–H and O–H groups in total. The van der Waals surface area contributed by atoms with Gasteiger partial charge in [-0.05, 0) is 43.6 Å². The zero-order valence-corrected chi connectivity index (χ0v) is 13.3. The summed E-state index contributed by atoms with van der Waals surface area (Å²) in [6.07, 6.45) is 1.89. The highest BCUT2D eigenvalue weighted by molar-refractivity contribution is 5.69. The molecule has 0 aromatic heterocycles. The van der Waals surface area contributed by atoms with E-state index in [2.05, 4.69) is 4.90 Å². The second-order valence-electron chi connectivity index (χ2n) is 5.76. The molecule has 0 unspecified atom stereocenters. The highest BCUT2D eigenvalue weighted by atomic mass is 16.5. The van der Waals surface area contributed by atoms with Crippen LogP contribution in [0.5, 0.6) is 11.5 Å². The molecule has 0 bridgehead atoms. The molecule has 1 aromatic carbocycles. The molecule has 0 saturated carbocycles. The van der Waals surface area contributed by atoms with E-state index >= 15 is 0 Å². The van der Waals surface area contributed by atoms with E-state index in [9.17, 15) is 9.59 Å². The van der Waals surface area contributed by atoms with Crippen molar-refractivity contribution in [3.63, 3.8) is 0 Å². The second-order valence-corrected chi connectivity index (χ2v) is 5.76. The summed E-state index contributed by atoms with van der Waals surface area (Å²) in [6.45, 7) is 1.46. The van der Waals surface area contributed by atoms with E-state index in [1.54, 1.807) is 12.1 Å². The molecule has 24 heavy (non-hydrogen) atoms. The topological polar surface area (TPSA) is 122 Å². The van der Waals surface area contributed by atoms with E-state index in [4.69, 9.17) is 25.4 Å². The number of ether oxygens (including phenoxy) is 2. The third-order valence-corrected chi connectivity index (χ3v) is 3.75. The first-order valence-corrected chi connectivity index (χ1v) is 7.74. The number of nitrogens with two attached hydrogens (primary N) is 1. The molecule has 8 nitrogen and oxygen atoms in total. The number of carbonyl (C=O) groups is 2. The molecule has 0 amide bonds. The van der Waals surface area contributed by atoms with Crippen molar-refractivity contribution in [2.45, 2.75) is 25.4 Å². The lowest BCUT2D eigenvalue weighted by atomic mass is 10.1. The van der Waals surface area contributed by atoms with E-state index in [0.717, 1.165) is 31.5 Å². The van der Waals surface area contributed by atoms with Crippen LogP contribution >= 0.6 is 0 Å². The number of aliphatic carboxylic acids is 2. The molecule has 0 aliphatic carbocycles. The minimum Gasteiger partial charge on any atom is -0.479 e. The van der Waals surface area contributed by atoms with Gasteiger partial charge in [-0.3, -0.25) is 4.90 Å². The van der Waals surface area contributed by atoms with Crippen molar-refractivity contribution in [3.05, 3.63) is 23.8 Å². The molecule has 0 radical (unpaired) electrons. The van der Waals surface area contributed by atoms with Gasteiger partial charge in [0.05, 0.1) is 0 Å². The zero-order valence-electron chi connectivity index (χ0n) is 13.3. The largest absolute Gasteiger partial charge is 0.479 e. The van der Waals surface area contributed by atoms with E-state index in [-0.39, 0.29) is 17.5 Å². The van der Waals surface area contributed by atoms with Crippen molar-refractivity contribution in [3.8, 4) is 11.5 Å². The van der Waals surface area contributed by atoms with Gasteiger partial charge in [-0.1, -0.05) is 6.07 Å². The van der Waals surface area contributed by atoms with Gasteiger partial charge < -0.3 is 25.4 Å². The van der Waals surface area contributed by atoms with Gasteiger partial charge in [-0.2, -0.15) is 0 Å². The molecule has 1 saturated heterocycles. The molecule has 1 aliphatic rings. The van der Waals surface area contributed by atoms with Gasteiger partial charge in [0.1, 0.15) is 0 Å². The van der Waals surface area contributed by atoms with E-state index in [0.29, 0.717) is 6.54 Å². The van der Waals surface area contributed by atoms with Crippen LogP contribution in [0.3, 0.4) is 0 Å². The van der Waals surface area contributed by atoms with Crippen LogP contribution in [0.2, 0.25) is 0 Å². The van der Waals surface area contributed by atoms with E-state index < -0.39 is 25.2 Å². The van der Waals surface area contributed by atoms with Crippen LogP contribution in [-0.2, 0) is 16.1 Å². The Morgan fingerprint density at radius 2 is 1.67 bits per heavy atom. The summed E-state index contributed by atoms with van der Waals surface area (Å²) in [6, 6.07) is 5.36. The smallest absolute Gasteiger partial charge is 0.341 e. The quantitative estimate of drug-likeness (QED) is 0.627. The van der Waals surface area contributed by atoms with Gasteiger partial charge in [-0.25, -0.2) is 9.59 Å². The highest BCUT2D eigenvalue weighted by Gasteiger charge is 2.17. The number of hydrogen-bond donors (Lipinski definition) is 3. The predicted octanol–water partition coefficient (Wildman–Crippen LogP) is 0.536. The van der Waals surface area contributed by atoms with Crippen LogP contribution in [0.25, 0.3) is 0 Å². The second kappa shape index (κ2) is 8.51. The Bertz CT molecular complexity index is 584. The van der Waals surface area contributed by atoms with Crippen molar-refractivity contribution in [1.82, 2.24) is 4.90 Å². The van der Waals surface area contributed by atoms with Crippen LogP contribution in [0, 0.1) is 0 Å². The molecule has 1 fully saturated rings. The number of benzene rings is 1. The number of hydrogen-bond acceptors (Lipinski definition) is 6. The lowest BCUT2D eigenvalue weighted by Crippen LogP contribution is -2.39. The first-order chi connectivity index (χ1) is 11.4. The van der Waals surface area contributed by atoms with Crippen LogP contribution in [0.15, 0.2) is 18.2 Å². The van der Waals surface area contributed by atoms with Gasteiger partial charge in [0.15, 0.2) is 24.7 Å². The zero-order chi connectivity index (χ0) is 17.5. The molecule has 8 heteroatoms. The minimum atomic E-state index is -1.12. The average molecular weight is 338 g/mol. The lowest BCUT2D eigenvalue weighted by molar-refractivity contribution is -0.140. The van der Waals surface area contributed by atoms with Gasteiger partial charge >= 0.3 is 11.9 Å². The minimum absolute atomic E-state index is 0.211. The lowest BCUT2D eigenvalue weighted by Gasteiger charge is -2.30. The molecule has 0 spiro atoms. The van der Waals surface area contributed by atoms with Crippen molar-refractivity contribution in [2.24, 2.45) is 5.73 Å². The summed E-state index contributed by atoms with van der Waals surface area (Å²) in [5, 5.41) is 17.5. The maximum absolute atomic E-state index is 10.7. The monoisotopic (exact) mass is 338 g/mol. The normalized spacial score (nSPS) is 15.9. The van der Waals surface area contributed by atoms with Crippen LogP contribution < -0.4 is 15.2 Å².